The van der Waals surface area contributed by atoms with Gasteiger partial charge in [0.25, 0.3) is 11.6 Å². The van der Waals surface area contributed by atoms with Gasteiger partial charge in [0.05, 0.1) is 10.5 Å². The third-order valence-corrected chi connectivity index (χ3v) is 3.27. The second kappa shape index (κ2) is 8.88. The van der Waals surface area contributed by atoms with Crippen molar-refractivity contribution in [3.63, 3.8) is 0 Å². The Labute approximate surface area is 162 Å². The van der Waals surface area contributed by atoms with Gasteiger partial charge in [-0.25, -0.2) is 4.79 Å². The van der Waals surface area contributed by atoms with E-state index in [9.17, 15) is 19.7 Å². The molecule has 28 heavy (non-hydrogen) atoms. The Bertz CT molecular complexity index is 886. The Morgan fingerprint density at radius 1 is 1.32 bits per heavy atom. The summed E-state index contributed by atoms with van der Waals surface area (Å²) in [5.41, 5.74) is 6.81. The molecule has 148 valence electrons. The van der Waals surface area contributed by atoms with Crippen LogP contribution in [0.15, 0.2) is 29.4 Å². The number of nitro groups is 1. The molecule has 1 rings (SSSR count). The number of amides is 1. The number of carbonyl (C=O) groups excluding carboxylic acids is 2. The molecule has 1 amide bonds. The molecule has 0 fully saturated rings. The summed E-state index contributed by atoms with van der Waals surface area (Å²) in [6.45, 7) is 8.12. The molecule has 1 aromatic carbocycles. The molecule has 0 aliphatic heterocycles. The van der Waals surface area contributed by atoms with Gasteiger partial charge in [-0.15, -0.1) is 0 Å². The van der Waals surface area contributed by atoms with Crippen molar-refractivity contribution in [3.8, 4) is 11.8 Å². The van der Waals surface area contributed by atoms with Crippen molar-refractivity contribution in [2.24, 2.45) is 5.11 Å². The van der Waals surface area contributed by atoms with Gasteiger partial charge in [0.1, 0.15) is 0 Å². The van der Waals surface area contributed by atoms with Crippen molar-refractivity contribution in [2.45, 2.75) is 51.8 Å². The molecule has 0 saturated carbocycles. The molecule has 1 aromatic rings. The highest BCUT2D eigenvalue weighted by Crippen LogP contribution is 2.20. The van der Waals surface area contributed by atoms with E-state index in [-0.39, 0.29) is 11.3 Å². The number of hydrogen-bond acceptors (Lipinski definition) is 6. The number of carbonyl (C=O) groups is 2. The van der Waals surface area contributed by atoms with E-state index in [1.807, 2.05) is 0 Å². The van der Waals surface area contributed by atoms with Gasteiger partial charge in [-0.05, 0) is 32.4 Å². The highest BCUT2D eigenvalue weighted by molar-refractivity contribution is 5.92. The molecule has 10 heteroatoms. The minimum Gasteiger partial charge on any atom is -0.442 e. The number of esters is 1. The van der Waals surface area contributed by atoms with Gasteiger partial charge in [0.2, 0.25) is 0 Å². The van der Waals surface area contributed by atoms with Crippen LogP contribution in [0.3, 0.4) is 0 Å². The van der Waals surface area contributed by atoms with Crippen LogP contribution in [0.1, 0.15) is 40.2 Å². The monoisotopic (exact) mass is 387 g/mol. The number of benzene rings is 1. The fourth-order valence-corrected chi connectivity index (χ4v) is 2.08. The molecule has 1 unspecified atom stereocenters. The summed E-state index contributed by atoms with van der Waals surface area (Å²) >= 11 is 0. The SMILES string of the molecule is CC(C)(C)NC(=O)C(OC(=O)C#Cc1cccc([N+](=O)[O-])c1)C(C)(C)N=[N+]=[N-]. The molecule has 0 spiro atoms. The van der Waals surface area contributed by atoms with Crippen molar-refractivity contribution >= 4 is 17.6 Å². The average molecular weight is 387 g/mol. The predicted molar refractivity (Wildman–Crippen MR) is 101 cm³/mol. The van der Waals surface area contributed by atoms with E-state index in [4.69, 9.17) is 10.3 Å². The van der Waals surface area contributed by atoms with E-state index < -0.39 is 34.0 Å². The zero-order valence-electron chi connectivity index (χ0n) is 16.2. The van der Waals surface area contributed by atoms with Crippen molar-refractivity contribution in [1.82, 2.24) is 5.32 Å². The Balaban J connectivity index is 3.08. The summed E-state index contributed by atoms with van der Waals surface area (Å²) < 4.78 is 5.15. The molecule has 1 N–H and O–H groups in total. The Morgan fingerprint density at radius 3 is 2.50 bits per heavy atom. The smallest absolute Gasteiger partial charge is 0.385 e. The van der Waals surface area contributed by atoms with Crippen LogP contribution in [0.5, 0.6) is 0 Å². The number of hydrogen-bond donors (Lipinski definition) is 1. The number of nitrogens with zero attached hydrogens (tertiary/aromatic N) is 4. The summed E-state index contributed by atoms with van der Waals surface area (Å²) in [4.78, 5) is 37.5. The molecule has 0 heterocycles. The zero-order chi connectivity index (χ0) is 21.5. The lowest BCUT2D eigenvalue weighted by atomic mass is 9.96. The molecule has 0 radical (unpaired) electrons. The first-order chi connectivity index (χ1) is 12.9. The topological polar surface area (TPSA) is 147 Å². The highest BCUT2D eigenvalue weighted by atomic mass is 16.6. The summed E-state index contributed by atoms with van der Waals surface area (Å²) in [5.74, 6) is 2.95. The number of non-ortho nitro benzene ring substituents is 1. The van der Waals surface area contributed by atoms with E-state index in [2.05, 4.69) is 27.2 Å². The third kappa shape index (κ3) is 6.97. The molecule has 0 bridgehead atoms. The quantitative estimate of drug-likeness (QED) is 0.157. The number of nitro benzene ring substituents is 1. The first-order valence-electron chi connectivity index (χ1n) is 8.21. The van der Waals surface area contributed by atoms with Crippen molar-refractivity contribution in [1.29, 1.82) is 0 Å². The molecule has 1 atom stereocenters. The number of rotatable bonds is 5. The van der Waals surface area contributed by atoms with Crippen LogP contribution >= 0.6 is 0 Å². The molecular formula is C18H21N5O5. The Hall–Kier alpha value is -3.57. The largest absolute Gasteiger partial charge is 0.442 e. The van der Waals surface area contributed by atoms with Crippen molar-refractivity contribution in [2.75, 3.05) is 0 Å². The molecule has 10 nitrogen and oxygen atoms in total. The van der Waals surface area contributed by atoms with Gasteiger partial charge in [-0.1, -0.05) is 30.9 Å². The van der Waals surface area contributed by atoms with Crippen LogP contribution in [0, 0.1) is 22.0 Å². The number of azide groups is 1. The van der Waals surface area contributed by atoms with Crippen molar-refractivity contribution < 1.29 is 19.2 Å². The lowest BCUT2D eigenvalue weighted by Gasteiger charge is -2.31. The first kappa shape index (κ1) is 22.5. The van der Waals surface area contributed by atoms with E-state index in [1.165, 1.54) is 38.1 Å². The maximum atomic E-state index is 12.5. The molecule has 0 aromatic heterocycles. The Kier molecular flexibility index (Phi) is 7.13. The lowest BCUT2D eigenvalue weighted by molar-refractivity contribution is -0.384. The van der Waals surface area contributed by atoms with E-state index in [1.54, 1.807) is 20.8 Å². The normalized spacial score (nSPS) is 11.9. The minimum absolute atomic E-state index is 0.174. The predicted octanol–water partition coefficient (Wildman–Crippen LogP) is 2.86. The fraction of sp³-hybridized carbons (Fsp3) is 0.444. The third-order valence-electron chi connectivity index (χ3n) is 3.27. The molecule has 0 aliphatic carbocycles. The second-order valence-electron chi connectivity index (χ2n) is 7.43. The molecule has 0 saturated heterocycles. The van der Waals surface area contributed by atoms with E-state index in [0.29, 0.717) is 0 Å². The number of ether oxygens (including phenoxy) is 1. The standard InChI is InChI=1S/C18H21N5O5/c1-17(2,3)20-16(25)15(18(4,5)21-22-19)28-14(24)10-9-12-7-6-8-13(11-12)23(26)27/h6-8,11,15H,1-5H3,(H,20,25). The lowest BCUT2D eigenvalue weighted by Crippen LogP contribution is -2.54. The van der Waals surface area contributed by atoms with Crippen LogP contribution in [0.25, 0.3) is 10.4 Å². The van der Waals surface area contributed by atoms with Gasteiger partial charge >= 0.3 is 5.97 Å². The van der Waals surface area contributed by atoms with E-state index >= 15 is 0 Å². The highest BCUT2D eigenvalue weighted by Gasteiger charge is 2.39. The maximum Gasteiger partial charge on any atom is 0.385 e. The van der Waals surface area contributed by atoms with Gasteiger partial charge < -0.3 is 10.1 Å². The van der Waals surface area contributed by atoms with Crippen LogP contribution in [0.4, 0.5) is 5.69 Å². The van der Waals surface area contributed by atoms with Crippen LogP contribution in [-0.2, 0) is 14.3 Å². The first-order valence-corrected chi connectivity index (χ1v) is 8.21. The summed E-state index contributed by atoms with van der Waals surface area (Å²) in [7, 11) is 0. The molecule has 0 aliphatic rings. The maximum absolute atomic E-state index is 12.5. The minimum atomic E-state index is -1.42. The summed E-state index contributed by atoms with van der Waals surface area (Å²) in [6.07, 6.45) is -1.42. The second-order valence-corrected chi connectivity index (χ2v) is 7.43. The summed E-state index contributed by atoms with van der Waals surface area (Å²) in [6, 6.07) is 5.41. The average Bonchev–Trinajstić information content (AvgIpc) is 2.56. The molecular weight excluding hydrogens is 366 g/mol. The summed E-state index contributed by atoms with van der Waals surface area (Å²) in [5, 5.41) is 17.0. The van der Waals surface area contributed by atoms with Crippen molar-refractivity contribution in [3.05, 3.63) is 50.4 Å². The fourth-order valence-electron chi connectivity index (χ4n) is 2.08. The Morgan fingerprint density at radius 2 is 1.96 bits per heavy atom. The van der Waals surface area contributed by atoms with Gasteiger partial charge in [0, 0.05) is 34.1 Å². The van der Waals surface area contributed by atoms with Gasteiger partial charge in [-0.2, -0.15) is 0 Å². The zero-order valence-corrected chi connectivity index (χ0v) is 16.2. The van der Waals surface area contributed by atoms with Gasteiger partial charge in [-0.3, -0.25) is 14.9 Å². The van der Waals surface area contributed by atoms with E-state index in [0.717, 1.165) is 0 Å². The van der Waals surface area contributed by atoms with Crippen LogP contribution in [0.2, 0.25) is 0 Å². The van der Waals surface area contributed by atoms with Gasteiger partial charge in [0.15, 0.2) is 6.10 Å². The van der Waals surface area contributed by atoms with Crippen LogP contribution < -0.4 is 5.32 Å². The number of nitrogens with one attached hydrogen (secondary N) is 1. The van der Waals surface area contributed by atoms with Crippen LogP contribution in [-0.4, -0.2) is 34.0 Å².